The lowest BCUT2D eigenvalue weighted by Crippen LogP contribution is -2.43. The molecule has 0 fully saturated rings. The molecule has 3 rings (SSSR count). The van der Waals surface area contributed by atoms with E-state index in [1.165, 1.54) is 10.9 Å². The van der Waals surface area contributed by atoms with E-state index in [-0.39, 0.29) is 11.4 Å². The third-order valence-corrected chi connectivity index (χ3v) is 3.97. The quantitative estimate of drug-likeness (QED) is 0.729. The second kappa shape index (κ2) is 7.48. The van der Waals surface area contributed by atoms with Gasteiger partial charge in [-0.25, -0.2) is 4.98 Å². The van der Waals surface area contributed by atoms with Crippen LogP contribution < -0.4 is 10.1 Å². The molecule has 0 aliphatic heterocycles. The number of halogens is 1. The van der Waals surface area contributed by atoms with Crippen molar-refractivity contribution in [3.8, 4) is 17.6 Å². The van der Waals surface area contributed by atoms with Gasteiger partial charge in [0, 0.05) is 11.2 Å². The zero-order valence-electron chi connectivity index (χ0n) is 14.7. The molecule has 0 radical (unpaired) electrons. The molecule has 0 spiro atoms. The molecular weight excluding hydrogens is 366 g/mol. The Bertz CT molecular complexity index is 991. The molecular formula is C19H16ClN5O2. The van der Waals surface area contributed by atoms with Crippen LogP contribution in [0.3, 0.4) is 0 Å². The maximum Gasteiger partial charge on any atom is 0.269 e. The highest BCUT2D eigenvalue weighted by atomic mass is 35.5. The van der Waals surface area contributed by atoms with Crippen molar-refractivity contribution in [2.75, 3.05) is 5.32 Å². The largest absolute Gasteiger partial charge is 0.478 e. The molecule has 0 saturated heterocycles. The lowest BCUT2D eigenvalue weighted by molar-refractivity contribution is -0.128. The van der Waals surface area contributed by atoms with Gasteiger partial charge in [0.15, 0.2) is 17.2 Å². The Morgan fingerprint density at radius 1 is 1.26 bits per heavy atom. The first kappa shape index (κ1) is 18.4. The summed E-state index contributed by atoms with van der Waals surface area (Å²) in [4.78, 5) is 17.0. The number of carbonyl (C=O) groups excluding carboxylic acids is 1. The fourth-order valence-corrected chi connectivity index (χ4v) is 2.43. The molecule has 3 aromatic rings. The summed E-state index contributed by atoms with van der Waals surface area (Å²) >= 11 is 5.87. The van der Waals surface area contributed by atoms with Crippen LogP contribution in [0.15, 0.2) is 54.9 Å². The zero-order valence-corrected chi connectivity index (χ0v) is 15.4. The maximum atomic E-state index is 12.8. The molecule has 0 aliphatic carbocycles. The summed E-state index contributed by atoms with van der Waals surface area (Å²) in [5.74, 6) is 0.768. The molecule has 0 saturated carbocycles. The number of amides is 1. The fraction of sp³-hybridized carbons (Fsp3) is 0.158. The van der Waals surface area contributed by atoms with Crippen molar-refractivity contribution in [3.63, 3.8) is 0 Å². The summed E-state index contributed by atoms with van der Waals surface area (Å²) in [7, 11) is 0. The molecule has 1 aromatic carbocycles. The molecule has 1 N–H and O–H groups in total. The van der Waals surface area contributed by atoms with Crippen molar-refractivity contribution in [3.05, 3.63) is 65.4 Å². The monoisotopic (exact) mass is 381 g/mol. The number of carbonyl (C=O) groups is 1. The van der Waals surface area contributed by atoms with Gasteiger partial charge < -0.3 is 10.1 Å². The van der Waals surface area contributed by atoms with Crippen LogP contribution in [0.1, 0.15) is 19.4 Å². The van der Waals surface area contributed by atoms with Crippen LogP contribution >= 0.6 is 11.6 Å². The molecule has 2 heterocycles. The first-order valence-electron chi connectivity index (χ1n) is 8.06. The number of pyridine rings is 1. The van der Waals surface area contributed by atoms with Crippen molar-refractivity contribution in [1.82, 2.24) is 14.8 Å². The predicted molar refractivity (Wildman–Crippen MR) is 101 cm³/mol. The number of benzene rings is 1. The SMILES string of the molecule is CC(C)(Oc1ccc(Cl)cc1)C(=O)Nc1c(C#N)cnn1-c1ccccn1. The third kappa shape index (κ3) is 4.07. The van der Waals surface area contributed by atoms with Crippen LogP contribution in [0.5, 0.6) is 5.75 Å². The molecule has 7 nitrogen and oxygen atoms in total. The van der Waals surface area contributed by atoms with Crippen LogP contribution in [0, 0.1) is 11.3 Å². The minimum Gasteiger partial charge on any atom is -0.478 e. The summed E-state index contributed by atoms with van der Waals surface area (Å²) in [5.41, 5.74) is -0.990. The molecule has 0 unspecified atom stereocenters. The summed E-state index contributed by atoms with van der Waals surface area (Å²) in [5, 5.41) is 16.8. The minimum absolute atomic E-state index is 0.219. The highest BCUT2D eigenvalue weighted by Crippen LogP contribution is 2.24. The van der Waals surface area contributed by atoms with Gasteiger partial charge in [-0.2, -0.15) is 15.0 Å². The lowest BCUT2D eigenvalue weighted by Gasteiger charge is -2.25. The number of hydrogen-bond donors (Lipinski definition) is 1. The number of nitriles is 1. The van der Waals surface area contributed by atoms with E-state index in [0.29, 0.717) is 16.6 Å². The first-order chi connectivity index (χ1) is 12.9. The number of nitrogens with one attached hydrogen (secondary N) is 1. The topological polar surface area (TPSA) is 92.8 Å². The normalized spacial score (nSPS) is 10.9. The molecule has 27 heavy (non-hydrogen) atoms. The van der Waals surface area contributed by atoms with Crippen LogP contribution in [0.25, 0.3) is 5.82 Å². The summed E-state index contributed by atoms with van der Waals surface area (Å²) in [6.45, 7) is 3.26. The van der Waals surface area contributed by atoms with Crippen molar-refractivity contribution >= 4 is 23.3 Å². The van der Waals surface area contributed by atoms with E-state index in [2.05, 4.69) is 15.4 Å². The van der Waals surface area contributed by atoms with E-state index in [1.807, 2.05) is 6.07 Å². The lowest BCUT2D eigenvalue weighted by atomic mass is 10.1. The Hall–Kier alpha value is -3.37. The van der Waals surface area contributed by atoms with Crippen molar-refractivity contribution in [1.29, 1.82) is 5.26 Å². The van der Waals surface area contributed by atoms with Gasteiger partial charge in [0.1, 0.15) is 17.4 Å². The van der Waals surface area contributed by atoms with E-state index in [1.54, 1.807) is 62.5 Å². The number of hydrogen-bond acceptors (Lipinski definition) is 5. The van der Waals surface area contributed by atoms with E-state index in [0.717, 1.165) is 0 Å². The van der Waals surface area contributed by atoms with Gasteiger partial charge in [0.25, 0.3) is 5.91 Å². The van der Waals surface area contributed by atoms with Gasteiger partial charge in [-0.15, -0.1) is 0 Å². The molecule has 0 bridgehead atoms. The Balaban J connectivity index is 1.86. The number of nitrogens with zero attached hydrogens (tertiary/aromatic N) is 4. The van der Waals surface area contributed by atoms with Gasteiger partial charge in [-0.3, -0.25) is 4.79 Å². The second-order valence-corrected chi connectivity index (χ2v) is 6.58. The van der Waals surface area contributed by atoms with Crippen molar-refractivity contribution in [2.24, 2.45) is 0 Å². The van der Waals surface area contributed by atoms with Crippen LogP contribution in [0.2, 0.25) is 5.02 Å². The number of rotatable bonds is 5. The Morgan fingerprint density at radius 3 is 2.63 bits per heavy atom. The summed E-state index contributed by atoms with van der Waals surface area (Å²) in [6.07, 6.45) is 2.97. The van der Waals surface area contributed by atoms with Crippen molar-refractivity contribution in [2.45, 2.75) is 19.4 Å². The van der Waals surface area contributed by atoms with E-state index < -0.39 is 11.5 Å². The average molecular weight is 382 g/mol. The van der Waals surface area contributed by atoms with E-state index in [4.69, 9.17) is 16.3 Å². The van der Waals surface area contributed by atoms with Gasteiger partial charge in [-0.1, -0.05) is 17.7 Å². The fourth-order valence-electron chi connectivity index (χ4n) is 2.30. The van der Waals surface area contributed by atoms with Gasteiger partial charge in [-0.05, 0) is 50.2 Å². The number of ether oxygens (including phenoxy) is 1. The standard InChI is InChI=1S/C19H16ClN5O2/c1-19(2,27-15-8-6-14(20)7-9-15)18(26)24-17-13(11-21)12-23-25(17)16-5-3-4-10-22-16/h3-10,12H,1-2H3,(H,24,26). The molecule has 136 valence electrons. The predicted octanol–water partition coefficient (Wildman–Crippen LogP) is 3.59. The highest BCUT2D eigenvalue weighted by molar-refractivity contribution is 6.30. The molecule has 0 atom stereocenters. The van der Waals surface area contributed by atoms with Crippen LogP contribution in [0.4, 0.5) is 5.82 Å². The van der Waals surface area contributed by atoms with Gasteiger partial charge in [0.05, 0.1) is 6.20 Å². The molecule has 1 amide bonds. The molecule has 2 aromatic heterocycles. The smallest absolute Gasteiger partial charge is 0.269 e. The Labute approximate surface area is 161 Å². The average Bonchev–Trinajstić information content (AvgIpc) is 3.06. The highest BCUT2D eigenvalue weighted by Gasteiger charge is 2.32. The van der Waals surface area contributed by atoms with Gasteiger partial charge >= 0.3 is 0 Å². The minimum atomic E-state index is -1.21. The summed E-state index contributed by atoms with van der Waals surface area (Å²) < 4.78 is 7.19. The maximum absolute atomic E-state index is 12.8. The van der Waals surface area contributed by atoms with Crippen LogP contribution in [-0.4, -0.2) is 26.3 Å². The first-order valence-corrected chi connectivity index (χ1v) is 8.44. The van der Waals surface area contributed by atoms with E-state index >= 15 is 0 Å². The Morgan fingerprint density at radius 2 is 2.00 bits per heavy atom. The summed E-state index contributed by atoms with van der Waals surface area (Å²) in [6, 6.07) is 14.0. The zero-order chi connectivity index (χ0) is 19.4. The Kier molecular flexibility index (Phi) is 5.10. The molecule has 8 heteroatoms. The van der Waals surface area contributed by atoms with Crippen molar-refractivity contribution < 1.29 is 9.53 Å². The third-order valence-electron chi connectivity index (χ3n) is 3.72. The van der Waals surface area contributed by atoms with E-state index in [9.17, 15) is 10.1 Å². The molecule has 0 aliphatic rings. The second-order valence-electron chi connectivity index (χ2n) is 6.14. The number of aromatic nitrogens is 3. The van der Waals surface area contributed by atoms with Gasteiger partial charge in [0.2, 0.25) is 0 Å². The number of anilines is 1. The van der Waals surface area contributed by atoms with Crippen LogP contribution in [-0.2, 0) is 4.79 Å².